The number of hydrogen-bond donors (Lipinski definition) is 1. The Balaban J connectivity index is 1.54. The number of rotatable bonds is 3. The van der Waals surface area contributed by atoms with Crippen LogP contribution in [0.25, 0.3) is 0 Å². The zero-order valence-corrected chi connectivity index (χ0v) is 12.3. The third kappa shape index (κ3) is 3.39. The maximum atomic E-state index is 13.1. The van der Waals surface area contributed by atoms with Gasteiger partial charge in [-0.2, -0.15) is 0 Å². The first-order valence-electron chi connectivity index (χ1n) is 6.93. The fourth-order valence-electron chi connectivity index (χ4n) is 2.49. The third-order valence-electron chi connectivity index (χ3n) is 3.61. The van der Waals surface area contributed by atoms with Gasteiger partial charge in [0.2, 0.25) is 0 Å². The molecule has 0 radical (unpaired) electrons. The first-order chi connectivity index (χ1) is 10.2. The van der Waals surface area contributed by atoms with Gasteiger partial charge in [-0.05, 0) is 31.0 Å². The zero-order valence-electron chi connectivity index (χ0n) is 11.5. The molecule has 1 aliphatic rings. The van der Waals surface area contributed by atoms with Crippen LogP contribution in [0.15, 0.2) is 35.8 Å². The SMILES string of the molecule is O=C(NC1CCN(c2nccs2)CC1)c1cccc(F)c1. The minimum Gasteiger partial charge on any atom is -0.349 e. The largest absolute Gasteiger partial charge is 0.349 e. The maximum Gasteiger partial charge on any atom is 0.251 e. The van der Waals surface area contributed by atoms with Crippen molar-refractivity contribution in [3.05, 3.63) is 47.2 Å². The van der Waals surface area contributed by atoms with Crippen LogP contribution in [0.2, 0.25) is 0 Å². The lowest BCUT2D eigenvalue weighted by Gasteiger charge is -2.32. The molecule has 1 aliphatic heterocycles. The fraction of sp³-hybridized carbons (Fsp3) is 0.333. The van der Waals surface area contributed by atoms with Crippen molar-refractivity contribution < 1.29 is 9.18 Å². The number of anilines is 1. The summed E-state index contributed by atoms with van der Waals surface area (Å²) in [4.78, 5) is 18.6. The molecule has 1 fully saturated rings. The van der Waals surface area contributed by atoms with Gasteiger partial charge in [0, 0.05) is 36.3 Å². The highest BCUT2D eigenvalue weighted by molar-refractivity contribution is 7.13. The van der Waals surface area contributed by atoms with Gasteiger partial charge < -0.3 is 10.2 Å². The van der Waals surface area contributed by atoms with E-state index in [4.69, 9.17) is 0 Å². The third-order valence-corrected chi connectivity index (χ3v) is 4.44. The van der Waals surface area contributed by atoms with Crippen molar-refractivity contribution in [2.45, 2.75) is 18.9 Å². The van der Waals surface area contributed by atoms with Gasteiger partial charge in [-0.25, -0.2) is 9.37 Å². The summed E-state index contributed by atoms with van der Waals surface area (Å²) in [6, 6.07) is 5.92. The summed E-state index contributed by atoms with van der Waals surface area (Å²) in [5, 5.41) is 5.98. The van der Waals surface area contributed by atoms with Gasteiger partial charge in [0.05, 0.1) is 0 Å². The van der Waals surface area contributed by atoms with E-state index in [2.05, 4.69) is 15.2 Å². The molecule has 0 bridgehead atoms. The summed E-state index contributed by atoms with van der Waals surface area (Å²) >= 11 is 1.63. The average molecular weight is 305 g/mol. The second kappa shape index (κ2) is 6.22. The van der Waals surface area contributed by atoms with Gasteiger partial charge in [0.15, 0.2) is 5.13 Å². The van der Waals surface area contributed by atoms with E-state index in [0.717, 1.165) is 31.1 Å². The predicted octanol–water partition coefficient (Wildman–Crippen LogP) is 2.68. The number of benzene rings is 1. The number of nitrogens with zero attached hydrogens (tertiary/aromatic N) is 2. The van der Waals surface area contributed by atoms with E-state index in [1.165, 1.54) is 12.1 Å². The Morgan fingerprint density at radius 1 is 1.38 bits per heavy atom. The molecule has 2 heterocycles. The summed E-state index contributed by atoms with van der Waals surface area (Å²) in [6.45, 7) is 1.75. The van der Waals surface area contributed by atoms with Crippen molar-refractivity contribution >= 4 is 22.4 Å². The zero-order chi connectivity index (χ0) is 14.7. The van der Waals surface area contributed by atoms with Gasteiger partial charge >= 0.3 is 0 Å². The molecule has 3 rings (SSSR count). The molecule has 6 heteroatoms. The standard InChI is InChI=1S/C15H16FN3OS/c16-12-3-1-2-11(10-12)14(20)18-13-4-7-19(8-5-13)15-17-6-9-21-15/h1-3,6,9-10,13H,4-5,7-8H2,(H,18,20). The van der Waals surface area contributed by atoms with E-state index in [0.29, 0.717) is 5.56 Å². The van der Waals surface area contributed by atoms with Gasteiger partial charge in [0.1, 0.15) is 5.82 Å². The second-order valence-corrected chi connectivity index (χ2v) is 5.93. The van der Waals surface area contributed by atoms with E-state index in [9.17, 15) is 9.18 Å². The minimum absolute atomic E-state index is 0.136. The number of carbonyl (C=O) groups excluding carboxylic acids is 1. The monoisotopic (exact) mass is 305 g/mol. The average Bonchev–Trinajstić information content (AvgIpc) is 3.02. The maximum absolute atomic E-state index is 13.1. The fourth-order valence-corrected chi connectivity index (χ4v) is 3.18. The van der Waals surface area contributed by atoms with Gasteiger partial charge in [-0.15, -0.1) is 11.3 Å². The van der Waals surface area contributed by atoms with Gasteiger partial charge in [-0.1, -0.05) is 6.07 Å². The highest BCUT2D eigenvalue weighted by Gasteiger charge is 2.22. The Morgan fingerprint density at radius 3 is 2.86 bits per heavy atom. The van der Waals surface area contributed by atoms with E-state index in [-0.39, 0.29) is 17.8 Å². The molecule has 0 atom stereocenters. The van der Waals surface area contributed by atoms with Crippen molar-refractivity contribution in [3.8, 4) is 0 Å². The number of hydrogen-bond acceptors (Lipinski definition) is 4. The van der Waals surface area contributed by atoms with Crippen LogP contribution in [-0.4, -0.2) is 30.0 Å². The molecule has 1 aromatic heterocycles. The van der Waals surface area contributed by atoms with E-state index in [1.807, 2.05) is 5.38 Å². The molecule has 110 valence electrons. The minimum atomic E-state index is -0.388. The highest BCUT2D eigenvalue weighted by Crippen LogP contribution is 2.22. The molecule has 0 saturated carbocycles. The lowest BCUT2D eigenvalue weighted by Crippen LogP contribution is -2.44. The van der Waals surface area contributed by atoms with Crippen LogP contribution in [0.3, 0.4) is 0 Å². The summed E-state index contributed by atoms with van der Waals surface area (Å²) < 4.78 is 13.1. The molecule has 1 N–H and O–H groups in total. The molecule has 0 unspecified atom stereocenters. The lowest BCUT2D eigenvalue weighted by atomic mass is 10.0. The summed E-state index contributed by atoms with van der Waals surface area (Å²) in [6.07, 6.45) is 3.55. The summed E-state index contributed by atoms with van der Waals surface area (Å²) in [5.74, 6) is -0.594. The van der Waals surface area contributed by atoms with Gasteiger partial charge in [-0.3, -0.25) is 4.79 Å². The van der Waals surface area contributed by atoms with Crippen molar-refractivity contribution in [2.24, 2.45) is 0 Å². The smallest absolute Gasteiger partial charge is 0.251 e. The summed E-state index contributed by atoms with van der Waals surface area (Å²) in [5.41, 5.74) is 0.373. The lowest BCUT2D eigenvalue weighted by molar-refractivity contribution is 0.0930. The number of halogens is 1. The number of thiazole rings is 1. The van der Waals surface area contributed by atoms with E-state index < -0.39 is 0 Å². The van der Waals surface area contributed by atoms with E-state index >= 15 is 0 Å². The number of aromatic nitrogens is 1. The molecule has 4 nitrogen and oxygen atoms in total. The molecule has 21 heavy (non-hydrogen) atoms. The van der Waals surface area contributed by atoms with Crippen LogP contribution in [-0.2, 0) is 0 Å². The van der Waals surface area contributed by atoms with Crippen molar-refractivity contribution in [3.63, 3.8) is 0 Å². The van der Waals surface area contributed by atoms with Crippen molar-refractivity contribution in [1.29, 1.82) is 0 Å². The van der Waals surface area contributed by atoms with Crippen LogP contribution in [0.5, 0.6) is 0 Å². The van der Waals surface area contributed by atoms with E-state index in [1.54, 1.807) is 29.7 Å². The first kappa shape index (κ1) is 14.0. The molecule has 1 aromatic carbocycles. The Labute approximate surface area is 126 Å². The number of amides is 1. The Hall–Kier alpha value is -1.95. The Morgan fingerprint density at radius 2 is 2.19 bits per heavy atom. The van der Waals surface area contributed by atoms with Crippen LogP contribution in [0, 0.1) is 5.82 Å². The second-order valence-electron chi connectivity index (χ2n) is 5.06. The normalized spacial score (nSPS) is 16.0. The molecule has 1 amide bonds. The van der Waals surface area contributed by atoms with Crippen LogP contribution in [0.4, 0.5) is 9.52 Å². The summed E-state index contributed by atoms with van der Waals surface area (Å²) in [7, 11) is 0. The number of carbonyl (C=O) groups is 1. The van der Waals surface area contributed by atoms with Crippen LogP contribution in [0.1, 0.15) is 23.2 Å². The molecule has 0 spiro atoms. The quantitative estimate of drug-likeness (QED) is 0.948. The number of nitrogens with one attached hydrogen (secondary N) is 1. The highest BCUT2D eigenvalue weighted by atomic mass is 32.1. The molecule has 2 aromatic rings. The predicted molar refractivity (Wildman–Crippen MR) is 81.2 cm³/mol. The van der Waals surface area contributed by atoms with Crippen LogP contribution >= 0.6 is 11.3 Å². The molecule has 0 aliphatic carbocycles. The van der Waals surface area contributed by atoms with Crippen molar-refractivity contribution in [2.75, 3.05) is 18.0 Å². The Bertz CT molecular complexity index is 609. The van der Waals surface area contributed by atoms with Crippen molar-refractivity contribution in [1.82, 2.24) is 10.3 Å². The molecular formula is C15H16FN3OS. The topological polar surface area (TPSA) is 45.2 Å². The molecular weight excluding hydrogens is 289 g/mol. The Kier molecular flexibility index (Phi) is 4.15. The number of piperidine rings is 1. The van der Waals surface area contributed by atoms with Crippen LogP contribution < -0.4 is 10.2 Å². The van der Waals surface area contributed by atoms with Gasteiger partial charge in [0.25, 0.3) is 5.91 Å². The molecule has 1 saturated heterocycles. The first-order valence-corrected chi connectivity index (χ1v) is 7.81.